The summed E-state index contributed by atoms with van der Waals surface area (Å²) in [5.74, 6) is -0.0727. The lowest BCUT2D eigenvalue weighted by atomic mass is 10.1. The summed E-state index contributed by atoms with van der Waals surface area (Å²) in [5, 5.41) is 3.32. The molecule has 0 aliphatic rings. The SMILES string of the molecule is Cc1cc(C(=O)Nc2ccc(Oc3ccc(Cl)cc3)cc2)c(N)nc1F. The minimum Gasteiger partial charge on any atom is -0.457 e. The first-order valence-electron chi connectivity index (χ1n) is 7.70. The fraction of sp³-hybridized carbons (Fsp3) is 0.0526. The van der Waals surface area contributed by atoms with Gasteiger partial charge >= 0.3 is 0 Å². The number of carbonyl (C=O) groups is 1. The van der Waals surface area contributed by atoms with Gasteiger partial charge in [0.25, 0.3) is 5.91 Å². The summed E-state index contributed by atoms with van der Waals surface area (Å²) in [4.78, 5) is 15.8. The van der Waals surface area contributed by atoms with Crippen LogP contribution in [-0.2, 0) is 0 Å². The molecule has 5 nitrogen and oxygen atoms in total. The number of hydrogen-bond acceptors (Lipinski definition) is 4. The number of hydrogen-bond donors (Lipinski definition) is 2. The number of nitrogens with zero attached hydrogens (tertiary/aromatic N) is 1. The molecule has 7 heteroatoms. The predicted molar refractivity (Wildman–Crippen MR) is 99.3 cm³/mol. The van der Waals surface area contributed by atoms with Gasteiger partial charge in [0.2, 0.25) is 5.95 Å². The molecule has 132 valence electrons. The van der Waals surface area contributed by atoms with Crippen LogP contribution in [0, 0.1) is 12.9 Å². The first kappa shape index (κ1) is 17.7. The molecular formula is C19H15ClFN3O2. The molecule has 1 amide bonds. The predicted octanol–water partition coefficient (Wildman–Crippen LogP) is 4.81. The second-order valence-electron chi connectivity index (χ2n) is 5.56. The number of amides is 1. The molecule has 0 bridgehead atoms. The number of aryl methyl sites for hydroxylation is 1. The molecule has 0 aliphatic heterocycles. The minimum absolute atomic E-state index is 0.116. The number of anilines is 2. The number of ether oxygens (including phenoxy) is 1. The lowest BCUT2D eigenvalue weighted by Gasteiger charge is -2.10. The van der Waals surface area contributed by atoms with Gasteiger partial charge in [-0.1, -0.05) is 11.6 Å². The standard InChI is InChI=1S/C19H15ClFN3O2/c1-11-10-16(18(22)24-17(11)21)19(25)23-13-4-8-15(9-5-13)26-14-6-2-12(20)3-7-14/h2-10H,1H3,(H2,22,24)(H,23,25). The number of rotatable bonds is 4. The number of pyridine rings is 1. The number of benzene rings is 2. The normalized spacial score (nSPS) is 10.4. The molecule has 0 saturated heterocycles. The third-order valence-electron chi connectivity index (χ3n) is 3.59. The Kier molecular flexibility index (Phi) is 5.04. The second kappa shape index (κ2) is 7.41. The van der Waals surface area contributed by atoms with Gasteiger partial charge in [0, 0.05) is 16.3 Å². The molecule has 1 heterocycles. The number of aromatic nitrogens is 1. The van der Waals surface area contributed by atoms with Crippen molar-refractivity contribution in [2.45, 2.75) is 6.92 Å². The zero-order chi connectivity index (χ0) is 18.7. The Morgan fingerprint density at radius 2 is 1.69 bits per heavy atom. The molecule has 3 rings (SSSR count). The van der Waals surface area contributed by atoms with Gasteiger partial charge in [-0.05, 0) is 61.5 Å². The van der Waals surface area contributed by atoms with Crippen molar-refractivity contribution >= 4 is 29.0 Å². The van der Waals surface area contributed by atoms with Crippen LogP contribution in [0.3, 0.4) is 0 Å². The highest BCUT2D eigenvalue weighted by atomic mass is 35.5. The lowest BCUT2D eigenvalue weighted by molar-refractivity contribution is 0.102. The van der Waals surface area contributed by atoms with E-state index in [1.807, 2.05) is 0 Å². The molecule has 0 aliphatic carbocycles. The van der Waals surface area contributed by atoms with Gasteiger partial charge in [0.1, 0.15) is 17.3 Å². The molecule has 3 N–H and O–H groups in total. The topological polar surface area (TPSA) is 77.2 Å². The van der Waals surface area contributed by atoms with Gasteiger partial charge in [-0.25, -0.2) is 4.98 Å². The number of nitrogens with one attached hydrogen (secondary N) is 1. The number of nitrogen functional groups attached to an aromatic ring is 1. The van der Waals surface area contributed by atoms with Crippen molar-refractivity contribution in [3.8, 4) is 11.5 Å². The average Bonchev–Trinajstić information content (AvgIpc) is 2.61. The zero-order valence-electron chi connectivity index (χ0n) is 13.8. The Labute approximate surface area is 154 Å². The van der Waals surface area contributed by atoms with E-state index < -0.39 is 11.9 Å². The summed E-state index contributed by atoms with van der Waals surface area (Å²) < 4.78 is 19.0. The van der Waals surface area contributed by atoms with E-state index in [2.05, 4.69) is 10.3 Å². The van der Waals surface area contributed by atoms with Crippen LogP contribution in [-0.4, -0.2) is 10.9 Å². The van der Waals surface area contributed by atoms with Crippen LogP contribution in [0.15, 0.2) is 54.6 Å². The summed E-state index contributed by atoms with van der Waals surface area (Å²) >= 11 is 5.83. The highest BCUT2D eigenvalue weighted by Gasteiger charge is 2.14. The summed E-state index contributed by atoms with van der Waals surface area (Å²) in [7, 11) is 0. The van der Waals surface area contributed by atoms with Crippen LogP contribution in [0.4, 0.5) is 15.9 Å². The first-order chi connectivity index (χ1) is 12.4. The van der Waals surface area contributed by atoms with Crippen molar-refractivity contribution in [1.82, 2.24) is 4.98 Å². The first-order valence-corrected chi connectivity index (χ1v) is 8.07. The lowest BCUT2D eigenvalue weighted by Crippen LogP contribution is -2.16. The average molecular weight is 372 g/mol. The van der Waals surface area contributed by atoms with Crippen molar-refractivity contribution in [1.29, 1.82) is 0 Å². The zero-order valence-corrected chi connectivity index (χ0v) is 14.5. The van der Waals surface area contributed by atoms with Gasteiger partial charge in [-0.2, -0.15) is 4.39 Å². The Hall–Kier alpha value is -3.12. The van der Waals surface area contributed by atoms with Gasteiger partial charge in [-0.3, -0.25) is 4.79 Å². The number of carbonyl (C=O) groups excluding carboxylic acids is 1. The van der Waals surface area contributed by atoms with Crippen LogP contribution >= 0.6 is 11.6 Å². The highest BCUT2D eigenvalue weighted by molar-refractivity contribution is 6.30. The summed E-state index contributed by atoms with van der Waals surface area (Å²) in [6, 6.07) is 15.1. The molecule has 0 fully saturated rings. The molecule has 1 aromatic heterocycles. The molecule has 2 aromatic carbocycles. The molecule has 0 saturated carbocycles. The summed E-state index contributed by atoms with van der Waals surface area (Å²) in [6.07, 6.45) is 0. The molecule has 26 heavy (non-hydrogen) atoms. The monoisotopic (exact) mass is 371 g/mol. The van der Waals surface area contributed by atoms with E-state index in [9.17, 15) is 9.18 Å². The summed E-state index contributed by atoms with van der Waals surface area (Å²) in [6.45, 7) is 1.52. The van der Waals surface area contributed by atoms with Crippen LogP contribution in [0.25, 0.3) is 0 Å². The van der Waals surface area contributed by atoms with Crippen molar-refractivity contribution in [3.05, 3.63) is 76.7 Å². The molecule has 0 atom stereocenters. The molecule has 0 radical (unpaired) electrons. The van der Waals surface area contributed by atoms with E-state index in [-0.39, 0.29) is 16.9 Å². The molecule has 3 aromatic rings. The van der Waals surface area contributed by atoms with E-state index in [0.29, 0.717) is 22.2 Å². The Morgan fingerprint density at radius 1 is 1.12 bits per heavy atom. The van der Waals surface area contributed by atoms with Crippen molar-refractivity contribution in [2.24, 2.45) is 0 Å². The van der Waals surface area contributed by atoms with Gasteiger partial charge in [-0.15, -0.1) is 0 Å². The fourth-order valence-corrected chi connectivity index (χ4v) is 2.36. The van der Waals surface area contributed by atoms with Crippen molar-refractivity contribution in [2.75, 3.05) is 11.1 Å². The van der Waals surface area contributed by atoms with Crippen molar-refractivity contribution in [3.63, 3.8) is 0 Å². The molecule has 0 unspecified atom stereocenters. The third-order valence-corrected chi connectivity index (χ3v) is 3.84. The van der Waals surface area contributed by atoms with E-state index in [1.54, 1.807) is 48.5 Å². The maximum Gasteiger partial charge on any atom is 0.259 e. The Morgan fingerprint density at radius 3 is 2.31 bits per heavy atom. The van der Waals surface area contributed by atoms with Crippen LogP contribution in [0.1, 0.15) is 15.9 Å². The fourth-order valence-electron chi connectivity index (χ4n) is 2.23. The summed E-state index contributed by atoms with van der Waals surface area (Å²) in [5.41, 5.74) is 6.53. The minimum atomic E-state index is -0.692. The van der Waals surface area contributed by atoms with E-state index in [1.165, 1.54) is 13.0 Å². The van der Waals surface area contributed by atoms with Crippen LogP contribution < -0.4 is 15.8 Å². The molecular weight excluding hydrogens is 357 g/mol. The van der Waals surface area contributed by atoms with E-state index in [4.69, 9.17) is 22.1 Å². The van der Waals surface area contributed by atoms with E-state index in [0.717, 1.165) is 0 Å². The highest BCUT2D eigenvalue weighted by Crippen LogP contribution is 2.25. The van der Waals surface area contributed by atoms with Gasteiger partial charge in [0.15, 0.2) is 0 Å². The van der Waals surface area contributed by atoms with Gasteiger partial charge < -0.3 is 15.8 Å². The number of nitrogens with two attached hydrogens (primary N) is 1. The second-order valence-corrected chi connectivity index (χ2v) is 6.00. The van der Waals surface area contributed by atoms with Crippen LogP contribution in [0.5, 0.6) is 11.5 Å². The largest absolute Gasteiger partial charge is 0.457 e. The Bertz CT molecular complexity index is 944. The molecule has 0 spiro atoms. The van der Waals surface area contributed by atoms with Crippen LogP contribution in [0.2, 0.25) is 5.02 Å². The maximum absolute atomic E-state index is 13.4. The van der Waals surface area contributed by atoms with Crippen molar-refractivity contribution < 1.29 is 13.9 Å². The smallest absolute Gasteiger partial charge is 0.259 e. The van der Waals surface area contributed by atoms with Gasteiger partial charge in [0.05, 0.1) is 5.56 Å². The quantitative estimate of drug-likeness (QED) is 0.645. The third kappa shape index (κ3) is 4.10. The van der Waals surface area contributed by atoms with E-state index >= 15 is 0 Å². The number of halogens is 2. The Balaban J connectivity index is 1.70. The maximum atomic E-state index is 13.4.